The minimum Gasteiger partial charge on any atom is -0.463 e. The van der Waals surface area contributed by atoms with Crippen molar-refractivity contribution in [1.82, 2.24) is 4.31 Å². The van der Waals surface area contributed by atoms with Crippen molar-refractivity contribution in [3.8, 4) is 0 Å². The molecule has 0 spiro atoms. The molecule has 3 atom stereocenters. The summed E-state index contributed by atoms with van der Waals surface area (Å²) < 4.78 is 38.4. The van der Waals surface area contributed by atoms with Gasteiger partial charge in [-0.05, 0) is 48.3 Å². The monoisotopic (exact) mass is 421 g/mol. The van der Waals surface area contributed by atoms with Gasteiger partial charge in [-0.25, -0.2) is 18.0 Å². The van der Waals surface area contributed by atoms with E-state index in [4.69, 9.17) is 9.47 Å². The first kappa shape index (κ1) is 20.3. The van der Waals surface area contributed by atoms with E-state index in [0.29, 0.717) is 13.0 Å². The number of hydrogen-bond donors (Lipinski definition) is 0. The molecule has 29 heavy (non-hydrogen) atoms. The average Bonchev–Trinajstić information content (AvgIpc) is 3.14. The molecule has 0 N–H and O–H groups in total. The lowest BCUT2D eigenvalue weighted by Crippen LogP contribution is -2.37. The highest BCUT2D eigenvalue weighted by atomic mass is 32.2. The van der Waals surface area contributed by atoms with E-state index >= 15 is 0 Å². The molecule has 7 nitrogen and oxygen atoms in total. The van der Waals surface area contributed by atoms with Crippen LogP contribution in [0.1, 0.15) is 56.8 Å². The van der Waals surface area contributed by atoms with Crippen LogP contribution in [0.3, 0.4) is 0 Å². The summed E-state index contributed by atoms with van der Waals surface area (Å²) in [5.74, 6) is -1.29. The van der Waals surface area contributed by atoms with E-state index in [2.05, 4.69) is 20.8 Å². The number of cyclic esters (lactones) is 1. The maximum absolute atomic E-state index is 13.4. The third-order valence-electron chi connectivity index (χ3n) is 6.18. The van der Waals surface area contributed by atoms with Gasteiger partial charge in [-0.15, -0.1) is 0 Å². The van der Waals surface area contributed by atoms with Crippen LogP contribution < -0.4 is 0 Å². The van der Waals surface area contributed by atoms with Crippen LogP contribution in [-0.4, -0.2) is 50.0 Å². The van der Waals surface area contributed by atoms with E-state index in [0.717, 1.165) is 19.3 Å². The third kappa shape index (κ3) is 3.80. The van der Waals surface area contributed by atoms with Gasteiger partial charge >= 0.3 is 11.9 Å². The molecule has 1 aliphatic carbocycles. The van der Waals surface area contributed by atoms with Crippen LogP contribution in [-0.2, 0) is 24.3 Å². The molecule has 0 radical (unpaired) electrons. The summed E-state index contributed by atoms with van der Waals surface area (Å²) in [5, 5.41) is 0. The summed E-state index contributed by atoms with van der Waals surface area (Å²) in [5.41, 5.74) is 0.182. The summed E-state index contributed by atoms with van der Waals surface area (Å²) in [6.07, 6.45) is 2.07. The number of carbonyl (C=O) groups is 2. The summed E-state index contributed by atoms with van der Waals surface area (Å²) in [4.78, 5) is 24.0. The summed E-state index contributed by atoms with van der Waals surface area (Å²) >= 11 is 0. The highest BCUT2D eigenvalue weighted by Crippen LogP contribution is 2.53. The van der Waals surface area contributed by atoms with Crippen LogP contribution in [0.5, 0.6) is 0 Å². The van der Waals surface area contributed by atoms with E-state index in [1.165, 1.54) is 24.3 Å². The molecule has 2 bridgehead atoms. The van der Waals surface area contributed by atoms with Crippen LogP contribution in [0.25, 0.3) is 0 Å². The van der Waals surface area contributed by atoms with Gasteiger partial charge in [-0.2, -0.15) is 4.31 Å². The van der Waals surface area contributed by atoms with Gasteiger partial charge in [0.05, 0.1) is 17.1 Å². The number of rotatable bonds is 4. The fraction of sp³-hybridized carbons (Fsp3) is 0.619. The van der Waals surface area contributed by atoms with Gasteiger partial charge in [-0.1, -0.05) is 26.8 Å². The quantitative estimate of drug-likeness (QED) is 0.695. The molecule has 3 aliphatic rings. The molecule has 1 aromatic carbocycles. The molecule has 2 saturated heterocycles. The number of sulfonamides is 1. The Balaban J connectivity index is 1.57. The fourth-order valence-corrected chi connectivity index (χ4v) is 7.21. The van der Waals surface area contributed by atoms with E-state index in [9.17, 15) is 18.0 Å². The zero-order valence-electron chi connectivity index (χ0n) is 17.0. The second kappa shape index (κ2) is 6.80. The molecular weight excluding hydrogens is 394 g/mol. The fourth-order valence-electron chi connectivity index (χ4n) is 5.39. The third-order valence-corrected chi connectivity index (χ3v) is 8.07. The Hall–Kier alpha value is -1.93. The van der Waals surface area contributed by atoms with Crippen molar-refractivity contribution in [2.24, 2.45) is 10.8 Å². The Morgan fingerprint density at radius 1 is 1.24 bits per heavy atom. The maximum Gasteiger partial charge on any atom is 0.347 e. The average molecular weight is 422 g/mol. The molecule has 1 saturated carbocycles. The number of hydrogen-bond acceptors (Lipinski definition) is 6. The van der Waals surface area contributed by atoms with Crippen molar-refractivity contribution >= 4 is 22.0 Å². The predicted molar refractivity (Wildman–Crippen MR) is 105 cm³/mol. The molecule has 0 aromatic heterocycles. The van der Waals surface area contributed by atoms with Crippen LogP contribution in [0.2, 0.25) is 0 Å². The maximum atomic E-state index is 13.4. The second-order valence-electron chi connectivity index (χ2n) is 9.64. The largest absolute Gasteiger partial charge is 0.463 e. The van der Waals surface area contributed by atoms with Gasteiger partial charge in [0.2, 0.25) is 16.1 Å². The number of benzene rings is 1. The molecule has 0 amide bonds. The first-order chi connectivity index (χ1) is 13.5. The number of fused-ring (bicyclic) bond motifs is 2. The molecular formula is C21H27NO6S. The van der Waals surface area contributed by atoms with Crippen LogP contribution >= 0.6 is 0 Å². The second-order valence-corrected chi connectivity index (χ2v) is 11.5. The SMILES string of the molecule is CC1(C)C[C@H]2C[C@](C)(CN2S(=O)(=O)c2cccc(C(=O)O[C@@H]3CCOC3=O)c2)C1. The summed E-state index contributed by atoms with van der Waals surface area (Å²) in [7, 11) is -3.74. The Morgan fingerprint density at radius 3 is 2.69 bits per heavy atom. The molecule has 2 aliphatic heterocycles. The molecule has 3 fully saturated rings. The normalized spacial score (nSPS) is 31.5. The first-order valence-corrected chi connectivity index (χ1v) is 11.4. The molecule has 0 unspecified atom stereocenters. The minimum absolute atomic E-state index is 0.0289. The van der Waals surface area contributed by atoms with E-state index in [1.807, 2.05) is 0 Å². The van der Waals surface area contributed by atoms with Crippen molar-refractivity contribution < 1.29 is 27.5 Å². The molecule has 158 valence electrons. The highest BCUT2D eigenvalue weighted by Gasteiger charge is 2.53. The van der Waals surface area contributed by atoms with Gasteiger partial charge in [0.25, 0.3) is 0 Å². The minimum atomic E-state index is -3.74. The Kier molecular flexibility index (Phi) is 4.77. The van der Waals surface area contributed by atoms with Crippen LogP contribution in [0, 0.1) is 10.8 Å². The van der Waals surface area contributed by atoms with Crippen LogP contribution in [0.4, 0.5) is 0 Å². The lowest BCUT2D eigenvalue weighted by atomic mass is 9.65. The van der Waals surface area contributed by atoms with E-state index < -0.39 is 28.1 Å². The summed E-state index contributed by atoms with van der Waals surface area (Å²) in [6, 6.07) is 5.84. The lowest BCUT2D eigenvalue weighted by Gasteiger charge is -2.39. The van der Waals surface area contributed by atoms with Crippen LogP contribution in [0.15, 0.2) is 29.2 Å². The number of carbonyl (C=O) groups excluding carboxylic acids is 2. The molecule has 2 heterocycles. The van der Waals surface area contributed by atoms with Gasteiger partial charge < -0.3 is 9.47 Å². The predicted octanol–water partition coefficient (Wildman–Crippen LogP) is 2.75. The Labute approximate surface area is 171 Å². The number of ether oxygens (including phenoxy) is 2. The first-order valence-electron chi connectivity index (χ1n) is 9.99. The number of nitrogens with zero attached hydrogens (tertiary/aromatic N) is 1. The topological polar surface area (TPSA) is 90.0 Å². The van der Waals surface area contributed by atoms with Crippen molar-refractivity contribution in [3.63, 3.8) is 0 Å². The zero-order chi connectivity index (χ0) is 21.0. The molecule has 1 aromatic rings. The van der Waals surface area contributed by atoms with Gasteiger partial charge in [-0.3, -0.25) is 0 Å². The van der Waals surface area contributed by atoms with E-state index in [1.54, 1.807) is 4.31 Å². The van der Waals surface area contributed by atoms with Gasteiger partial charge in [0, 0.05) is 19.0 Å². The van der Waals surface area contributed by atoms with Gasteiger partial charge in [0.1, 0.15) is 0 Å². The molecule has 4 rings (SSSR count). The Morgan fingerprint density at radius 2 is 2.00 bits per heavy atom. The smallest absolute Gasteiger partial charge is 0.347 e. The number of esters is 2. The van der Waals surface area contributed by atoms with Crippen molar-refractivity contribution in [1.29, 1.82) is 0 Å². The van der Waals surface area contributed by atoms with Crippen molar-refractivity contribution in [3.05, 3.63) is 29.8 Å². The molecule has 8 heteroatoms. The Bertz CT molecular complexity index is 956. The summed E-state index contributed by atoms with van der Waals surface area (Å²) in [6.45, 7) is 7.25. The lowest BCUT2D eigenvalue weighted by molar-refractivity contribution is -0.145. The zero-order valence-corrected chi connectivity index (χ0v) is 17.8. The van der Waals surface area contributed by atoms with Crippen molar-refractivity contribution in [2.75, 3.05) is 13.2 Å². The van der Waals surface area contributed by atoms with Gasteiger partial charge in [0.15, 0.2) is 0 Å². The van der Waals surface area contributed by atoms with Crippen molar-refractivity contribution in [2.45, 2.75) is 63.5 Å². The highest BCUT2D eigenvalue weighted by molar-refractivity contribution is 7.89. The standard InChI is InChI=1S/C21H27NO6S/c1-20(2)10-15-11-21(3,12-20)13-22(15)29(25,26)16-6-4-5-14(9-16)18(23)28-17-7-8-27-19(17)24/h4-6,9,15,17H,7-8,10-13H2,1-3H3/t15-,17+,21-/m0/s1. The van der Waals surface area contributed by atoms with E-state index in [-0.39, 0.29) is 33.9 Å².